The highest BCUT2D eigenvalue weighted by atomic mass is 19.1. The van der Waals surface area contributed by atoms with E-state index in [1.807, 2.05) is 0 Å². The first-order chi connectivity index (χ1) is 13.0. The van der Waals surface area contributed by atoms with Gasteiger partial charge in [-0.05, 0) is 37.1 Å². The molecule has 2 aromatic carbocycles. The lowest BCUT2D eigenvalue weighted by Crippen LogP contribution is -2.40. The fraction of sp³-hybridized carbons (Fsp3) is 0.333. The summed E-state index contributed by atoms with van der Waals surface area (Å²) in [6.07, 6.45) is 2.77. The van der Waals surface area contributed by atoms with E-state index in [1.54, 1.807) is 31.2 Å². The summed E-state index contributed by atoms with van der Waals surface area (Å²) in [4.78, 5) is 25.2. The van der Waals surface area contributed by atoms with Gasteiger partial charge >= 0.3 is 0 Å². The van der Waals surface area contributed by atoms with Crippen LogP contribution in [0.2, 0.25) is 0 Å². The molecule has 0 aliphatic carbocycles. The number of nitrogens with one attached hydrogen (secondary N) is 2. The molecule has 144 valence electrons. The molecule has 27 heavy (non-hydrogen) atoms. The number of rotatable bonds is 8. The number of hydrogen-bond acceptors (Lipinski definition) is 3. The van der Waals surface area contributed by atoms with Crippen LogP contribution in [0, 0.1) is 12.7 Å². The fourth-order valence-electron chi connectivity index (χ4n) is 2.81. The van der Waals surface area contributed by atoms with E-state index in [2.05, 4.69) is 17.6 Å². The van der Waals surface area contributed by atoms with Gasteiger partial charge in [-0.2, -0.15) is 0 Å². The van der Waals surface area contributed by atoms with Crippen molar-refractivity contribution < 1.29 is 14.0 Å². The van der Waals surface area contributed by atoms with Gasteiger partial charge in [0.1, 0.15) is 5.82 Å². The summed E-state index contributed by atoms with van der Waals surface area (Å²) in [5.41, 5.74) is 7.09. The van der Waals surface area contributed by atoms with Gasteiger partial charge in [0, 0.05) is 12.6 Å². The molecule has 0 heterocycles. The van der Waals surface area contributed by atoms with Crippen LogP contribution in [0.15, 0.2) is 42.5 Å². The third kappa shape index (κ3) is 5.37. The highest BCUT2D eigenvalue weighted by molar-refractivity contribution is 6.09. The zero-order chi connectivity index (χ0) is 19.8. The first-order valence-electron chi connectivity index (χ1n) is 9.14. The number of hydrogen-bond donors (Lipinski definition) is 3. The quantitative estimate of drug-likeness (QED) is 0.662. The Kier molecular flexibility index (Phi) is 7.49. The van der Waals surface area contributed by atoms with E-state index < -0.39 is 11.7 Å². The number of halogens is 1. The third-order valence-corrected chi connectivity index (χ3v) is 4.40. The van der Waals surface area contributed by atoms with Gasteiger partial charge < -0.3 is 16.4 Å². The molecule has 6 heteroatoms. The summed E-state index contributed by atoms with van der Waals surface area (Å²) in [7, 11) is 0. The van der Waals surface area contributed by atoms with Crippen molar-refractivity contribution in [3.05, 3.63) is 65.0 Å². The molecule has 0 radical (unpaired) electrons. The fourth-order valence-corrected chi connectivity index (χ4v) is 2.81. The summed E-state index contributed by atoms with van der Waals surface area (Å²) in [5, 5.41) is 5.60. The van der Waals surface area contributed by atoms with Crippen molar-refractivity contribution in [3.63, 3.8) is 0 Å². The van der Waals surface area contributed by atoms with Crippen LogP contribution in [0.3, 0.4) is 0 Å². The standard InChI is InChI=1S/C21H26FN3O2/c1-3-4-9-15(13-23)24-21(27)17-11-7-8-14(2)19(17)25-20(26)16-10-5-6-12-18(16)22/h5-8,10-12,15H,3-4,9,13,23H2,1-2H3,(H,24,27)(H,25,26). The van der Waals surface area contributed by atoms with Crippen LogP contribution in [0.5, 0.6) is 0 Å². The largest absolute Gasteiger partial charge is 0.348 e. The number of carbonyl (C=O) groups is 2. The number of benzene rings is 2. The topological polar surface area (TPSA) is 84.2 Å². The molecule has 2 amide bonds. The monoisotopic (exact) mass is 371 g/mol. The summed E-state index contributed by atoms with van der Waals surface area (Å²) < 4.78 is 13.9. The molecule has 0 saturated heterocycles. The molecule has 2 aromatic rings. The Hall–Kier alpha value is -2.73. The molecular formula is C21H26FN3O2. The van der Waals surface area contributed by atoms with Crippen molar-refractivity contribution in [3.8, 4) is 0 Å². The molecule has 0 saturated carbocycles. The Labute approximate surface area is 159 Å². The maximum atomic E-state index is 13.9. The van der Waals surface area contributed by atoms with E-state index in [4.69, 9.17) is 5.73 Å². The van der Waals surface area contributed by atoms with Crippen molar-refractivity contribution in [2.24, 2.45) is 5.73 Å². The number of aryl methyl sites for hydroxylation is 1. The zero-order valence-electron chi connectivity index (χ0n) is 15.7. The Bertz CT molecular complexity index is 808. The van der Waals surface area contributed by atoms with Crippen LogP contribution in [0.25, 0.3) is 0 Å². The molecule has 0 aliphatic heterocycles. The molecule has 4 N–H and O–H groups in total. The molecule has 0 aromatic heterocycles. The average molecular weight is 371 g/mol. The van der Waals surface area contributed by atoms with Crippen molar-refractivity contribution in [2.75, 3.05) is 11.9 Å². The summed E-state index contributed by atoms with van der Waals surface area (Å²) in [5.74, 6) is -1.52. The van der Waals surface area contributed by atoms with Gasteiger partial charge in [-0.25, -0.2) is 4.39 Å². The SMILES string of the molecule is CCCCC(CN)NC(=O)c1cccc(C)c1NC(=O)c1ccccc1F. The number of anilines is 1. The summed E-state index contributed by atoms with van der Waals surface area (Å²) in [6.45, 7) is 4.20. The van der Waals surface area contributed by atoms with Crippen LogP contribution < -0.4 is 16.4 Å². The van der Waals surface area contributed by atoms with E-state index >= 15 is 0 Å². The lowest BCUT2D eigenvalue weighted by atomic mass is 10.0. The molecule has 2 rings (SSSR count). The van der Waals surface area contributed by atoms with Crippen LogP contribution in [0.4, 0.5) is 10.1 Å². The molecule has 0 fully saturated rings. The Morgan fingerprint density at radius 2 is 1.78 bits per heavy atom. The second kappa shape index (κ2) is 9.83. The summed E-state index contributed by atoms with van der Waals surface area (Å²) in [6, 6.07) is 10.8. The number of para-hydroxylation sites is 1. The lowest BCUT2D eigenvalue weighted by Gasteiger charge is -2.19. The van der Waals surface area contributed by atoms with E-state index in [0.717, 1.165) is 19.3 Å². The van der Waals surface area contributed by atoms with Crippen molar-refractivity contribution in [1.29, 1.82) is 0 Å². The van der Waals surface area contributed by atoms with Gasteiger partial charge in [0.05, 0.1) is 16.8 Å². The van der Waals surface area contributed by atoms with Gasteiger partial charge in [0.25, 0.3) is 11.8 Å². The molecule has 0 bridgehead atoms. The smallest absolute Gasteiger partial charge is 0.258 e. The van der Waals surface area contributed by atoms with E-state index in [-0.39, 0.29) is 17.5 Å². The van der Waals surface area contributed by atoms with E-state index in [0.29, 0.717) is 23.4 Å². The molecule has 0 spiro atoms. The van der Waals surface area contributed by atoms with Crippen LogP contribution in [-0.2, 0) is 0 Å². The van der Waals surface area contributed by atoms with Crippen LogP contribution in [0.1, 0.15) is 52.5 Å². The lowest BCUT2D eigenvalue weighted by molar-refractivity contribution is 0.0936. The van der Waals surface area contributed by atoms with Gasteiger partial charge in [-0.15, -0.1) is 0 Å². The first kappa shape index (κ1) is 20.6. The second-order valence-corrected chi connectivity index (χ2v) is 6.48. The molecule has 0 aliphatic rings. The van der Waals surface area contributed by atoms with Crippen LogP contribution >= 0.6 is 0 Å². The van der Waals surface area contributed by atoms with E-state index in [1.165, 1.54) is 18.2 Å². The van der Waals surface area contributed by atoms with Gasteiger partial charge in [-0.1, -0.05) is 44.0 Å². The minimum absolute atomic E-state index is 0.0742. The minimum Gasteiger partial charge on any atom is -0.348 e. The molecule has 5 nitrogen and oxygen atoms in total. The molecule has 1 unspecified atom stereocenters. The second-order valence-electron chi connectivity index (χ2n) is 6.48. The van der Waals surface area contributed by atoms with Gasteiger partial charge in [-0.3, -0.25) is 9.59 Å². The first-order valence-corrected chi connectivity index (χ1v) is 9.14. The van der Waals surface area contributed by atoms with Crippen LogP contribution in [-0.4, -0.2) is 24.4 Å². The van der Waals surface area contributed by atoms with Gasteiger partial charge in [0.15, 0.2) is 0 Å². The maximum absolute atomic E-state index is 13.9. The Balaban J connectivity index is 2.24. The predicted molar refractivity (Wildman–Crippen MR) is 105 cm³/mol. The minimum atomic E-state index is -0.614. The number of unbranched alkanes of at least 4 members (excludes halogenated alkanes) is 1. The van der Waals surface area contributed by atoms with Crippen molar-refractivity contribution >= 4 is 17.5 Å². The average Bonchev–Trinajstić information content (AvgIpc) is 2.66. The molecule has 1 atom stereocenters. The van der Waals surface area contributed by atoms with Gasteiger partial charge in [0.2, 0.25) is 0 Å². The number of nitrogens with two attached hydrogens (primary N) is 1. The predicted octanol–water partition coefficient (Wildman–Crippen LogP) is 3.63. The van der Waals surface area contributed by atoms with Crippen molar-refractivity contribution in [2.45, 2.75) is 39.2 Å². The Morgan fingerprint density at radius 3 is 2.44 bits per heavy atom. The van der Waals surface area contributed by atoms with Crippen molar-refractivity contribution in [1.82, 2.24) is 5.32 Å². The molecular weight excluding hydrogens is 345 g/mol. The number of carbonyl (C=O) groups excluding carboxylic acids is 2. The normalized spacial score (nSPS) is 11.7. The highest BCUT2D eigenvalue weighted by Crippen LogP contribution is 2.22. The summed E-state index contributed by atoms with van der Waals surface area (Å²) >= 11 is 0. The zero-order valence-corrected chi connectivity index (χ0v) is 15.7. The Morgan fingerprint density at radius 1 is 1.07 bits per heavy atom. The third-order valence-electron chi connectivity index (χ3n) is 4.40. The number of amides is 2. The highest BCUT2D eigenvalue weighted by Gasteiger charge is 2.19. The maximum Gasteiger partial charge on any atom is 0.258 e. The van der Waals surface area contributed by atoms with E-state index in [9.17, 15) is 14.0 Å².